The summed E-state index contributed by atoms with van der Waals surface area (Å²) in [6.07, 6.45) is 7.57. The zero-order valence-corrected chi connectivity index (χ0v) is 11.3. The second-order valence-electron chi connectivity index (χ2n) is 6.08. The van der Waals surface area contributed by atoms with E-state index in [4.69, 9.17) is 0 Å². The van der Waals surface area contributed by atoms with E-state index in [1.54, 1.807) is 0 Å². The van der Waals surface area contributed by atoms with Gasteiger partial charge in [0.05, 0.1) is 0 Å². The molecule has 3 aliphatic carbocycles. The van der Waals surface area contributed by atoms with Gasteiger partial charge in [-0.15, -0.1) is 0 Å². The monoisotopic (exact) mass is 266 g/mol. The summed E-state index contributed by atoms with van der Waals surface area (Å²) in [5.74, 6) is 1.84. The Balaban J connectivity index is 1.33. The van der Waals surface area contributed by atoms with Gasteiger partial charge in [-0.1, -0.05) is 42.5 Å². The van der Waals surface area contributed by atoms with Gasteiger partial charge >= 0.3 is 0 Å². The van der Waals surface area contributed by atoms with Gasteiger partial charge in [-0.25, -0.2) is 5.43 Å². The van der Waals surface area contributed by atoms with Gasteiger partial charge in [0, 0.05) is 17.5 Å². The summed E-state index contributed by atoms with van der Waals surface area (Å²) in [6.45, 7) is 0. The third-order valence-corrected chi connectivity index (χ3v) is 4.83. The topological polar surface area (TPSA) is 41.5 Å². The van der Waals surface area contributed by atoms with Crippen molar-refractivity contribution in [3.63, 3.8) is 0 Å². The number of carbonyl (C=O) groups is 1. The van der Waals surface area contributed by atoms with Crippen molar-refractivity contribution in [3.8, 4) is 0 Å². The fourth-order valence-electron chi connectivity index (χ4n) is 3.43. The second-order valence-corrected chi connectivity index (χ2v) is 6.08. The number of nitrogens with zero attached hydrogens (tertiary/aromatic N) is 1. The maximum Gasteiger partial charge on any atom is 0.243 e. The largest absolute Gasteiger partial charge is 0.273 e. The molecule has 4 atom stereocenters. The van der Waals surface area contributed by atoms with Crippen LogP contribution in [0.15, 0.2) is 47.6 Å². The van der Waals surface area contributed by atoms with E-state index in [2.05, 4.69) is 34.8 Å². The average Bonchev–Trinajstić information content (AvgIpc) is 3.18. The van der Waals surface area contributed by atoms with E-state index in [0.717, 1.165) is 19.3 Å². The summed E-state index contributed by atoms with van der Waals surface area (Å²) in [6, 6.07) is 10.3. The van der Waals surface area contributed by atoms with Crippen LogP contribution in [0.25, 0.3) is 0 Å². The van der Waals surface area contributed by atoms with Crippen molar-refractivity contribution in [3.05, 3.63) is 48.0 Å². The molecule has 0 heterocycles. The molecule has 1 amide bonds. The number of hydrogen-bond donors (Lipinski definition) is 1. The molecule has 1 N–H and O–H groups in total. The fourth-order valence-corrected chi connectivity index (χ4v) is 3.43. The molecule has 0 unspecified atom stereocenters. The lowest BCUT2D eigenvalue weighted by atomic mass is 9.74. The van der Waals surface area contributed by atoms with E-state index in [1.165, 1.54) is 11.3 Å². The molecule has 0 aromatic heterocycles. The summed E-state index contributed by atoms with van der Waals surface area (Å²) >= 11 is 0. The number of allylic oxidation sites excluding steroid dienone is 2. The zero-order chi connectivity index (χ0) is 13.5. The highest BCUT2D eigenvalue weighted by molar-refractivity contribution is 5.95. The van der Waals surface area contributed by atoms with Crippen molar-refractivity contribution in [1.29, 1.82) is 0 Å². The van der Waals surface area contributed by atoms with E-state index < -0.39 is 0 Å². The SMILES string of the molecule is O=C(N/N=C1\C[C@@H]2C=CC[C@@H]12)[C@@H]1C[C@@H]1c1ccccc1. The van der Waals surface area contributed by atoms with E-state index in [0.29, 0.717) is 17.8 Å². The first-order valence-electron chi connectivity index (χ1n) is 7.41. The van der Waals surface area contributed by atoms with Crippen molar-refractivity contribution in [2.75, 3.05) is 0 Å². The van der Waals surface area contributed by atoms with Crippen LogP contribution in [0.1, 0.15) is 30.7 Å². The van der Waals surface area contributed by atoms with Crippen molar-refractivity contribution in [1.82, 2.24) is 5.43 Å². The molecule has 0 aliphatic heterocycles. The molecule has 3 heteroatoms. The van der Waals surface area contributed by atoms with Gasteiger partial charge in [-0.05, 0) is 36.7 Å². The standard InChI is InChI=1S/C17H18N2O/c20-17(15-10-14(15)11-5-2-1-3-6-11)19-18-16-9-12-7-4-8-13(12)16/h1-7,12-15H,8-10H2,(H,19,20)/b18-16+/t12-,13+,14+,15+/m0/s1. The van der Waals surface area contributed by atoms with Gasteiger partial charge in [-0.2, -0.15) is 5.10 Å². The quantitative estimate of drug-likeness (QED) is 0.663. The van der Waals surface area contributed by atoms with Crippen LogP contribution >= 0.6 is 0 Å². The molecular formula is C17H18N2O. The Kier molecular flexibility index (Phi) is 2.72. The normalized spacial score (nSPS) is 35.5. The van der Waals surface area contributed by atoms with E-state index in [1.807, 2.05) is 18.2 Å². The Morgan fingerprint density at radius 1 is 1.20 bits per heavy atom. The second kappa shape index (κ2) is 4.58. The van der Waals surface area contributed by atoms with Crippen molar-refractivity contribution in [2.45, 2.75) is 25.2 Å². The fraction of sp³-hybridized carbons (Fsp3) is 0.412. The minimum Gasteiger partial charge on any atom is -0.273 e. The van der Waals surface area contributed by atoms with Crippen LogP contribution < -0.4 is 5.43 Å². The number of fused-ring (bicyclic) bond motifs is 1. The van der Waals surface area contributed by atoms with Gasteiger partial charge in [-0.3, -0.25) is 4.79 Å². The van der Waals surface area contributed by atoms with Gasteiger partial charge < -0.3 is 0 Å². The van der Waals surface area contributed by atoms with Crippen LogP contribution in [0.5, 0.6) is 0 Å². The van der Waals surface area contributed by atoms with E-state index in [-0.39, 0.29) is 11.8 Å². The molecule has 0 radical (unpaired) electrons. The number of carbonyl (C=O) groups excluding carboxylic acids is 1. The minimum atomic E-state index is 0.0840. The molecule has 20 heavy (non-hydrogen) atoms. The number of amides is 1. The molecule has 0 spiro atoms. The third kappa shape index (κ3) is 1.98. The lowest BCUT2D eigenvalue weighted by Gasteiger charge is -2.31. The number of nitrogens with one attached hydrogen (secondary N) is 1. The van der Waals surface area contributed by atoms with Crippen molar-refractivity contribution >= 4 is 11.6 Å². The summed E-state index contributed by atoms with van der Waals surface area (Å²) in [5, 5.41) is 4.34. The summed E-state index contributed by atoms with van der Waals surface area (Å²) in [7, 11) is 0. The number of benzene rings is 1. The molecule has 3 nitrogen and oxygen atoms in total. The Hall–Kier alpha value is -1.90. The van der Waals surface area contributed by atoms with Gasteiger partial charge in [0.2, 0.25) is 5.91 Å². The molecule has 2 fully saturated rings. The molecule has 1 aromatic carbocycles. The maximum atomic E-state index is 12.1. The Bertz CT molecular complexity index is 590. The number of hydrazone groups is 1. The summed E-state index contributed by atoms with van der Waals surface area (Å²) in [4.78, 5) is 12.1. The summed E-state index contributed by atoms with van der Waals surface area (Å²) in [5.41, 5.74) is 5.22. The van der Waals surface area contributed by atoms with Gasteiger partial charge in [0.25, 0.3) is 0 Å². The minimum absolute atomic E-state index is 0.0840. The Labute approximate surface area is 118 Å². The van der Waals surface area contributed by atoms with Crippen LogP contribution in [-0.4, -0.2) is 11.6 Å². The predicted molar refractivity (Wildman–Crippen MR) is 78.2 cm³/mol. The molecule has 0 bridgehead atoms. The predicted octanol–water partition coefficient (Wildman–Crippen LogP) is 2.86. The molecule has 3 aliphatic rings. The van der Waals surface area contributed by atoms with Gasteiger partial charge in [0.1, 0.15) is 0 Å². The van der Waals surface area contributed by atoms with Crippen LogP contribution in [-0.2, 0) is 4.79 Å². The molecule has 4 rings (SSSR count). The lowest BCUT2D eigenvalue weighted by molar-refractivity contribution is -0.122. The van der Waals surface area contributed by atoms with Crippen LogP contribution in [0.4, 0.5) is 0 Å². The number of hydrogen-bond acceptors (Lipinski definition) is 2. The van der Waals surface area contributed by atoms with Crippen LogP contribution in [0, 0.1) is 17.8 Å². The molecule has 0 saturated heterocycles. The first kappa shape index (κ1) is 11.9. The Morgan fingerprint density at radius 3 is 2.85 bits per heavy atom. The van der Waals surface area contributed by atoms with Crippen LogP contribution in [0.3, 0.4) is 0 Å². The van der Waals surface area contributed by atoms with E-state index in [9.17, 15) is 4.79 Å². The smallest absolute Gasteiger partial charge is 0.243 e. The van der Waals surface area contributed by atoms with Crippen molar-refractivity contribution in [2.24, 2.45) is 22.9 Å². The Morgan fingerprint density at radius 2 is 2.05 bits per heavy atom. The molecular weight excluding hydrogens is 248 g/mol. The lowest BCUT2D eigenvalue weighted by Crippen LogP contribution is -2.35. The highest BCUT2D eigenvalue weighted by Gasteiger charge is 2.44. The highest BCUT2D eigenvalue weighted by Crippen LogP contribution is 2.47. The number of rotatable bonds is 3. The molecule has 102 valence electrons. The maximum absolute atomic E-state index is 12.1. The zero-order valence-electron chi connectivity index (χ0n) is 11.3. The average molecular weight is 266 g/mol. The van der Waals surface area contributed by atoms with E-state index >= 15 is 0 Å². The first-order chi connectivity index (χ1) is 9.83. The molecule has 1 aromatic rings. The van der Waals surface area contributed by atoms with Gasteiger partial charge in [0.15, 0.2) is 0 Å². The highest BCUT2D eigenvalue weighted by atomic mass is 16.2. The van der Waals surface area contributed by atoms with Crippen LogP contribution in [0.2, 0.25) is 0 Å². The first-order valence-corrected chi connectivity index (χ1v) is 7.41. The van der Waals surface area contributed by atoms with Crippen molar-refractivity contribution < 1.29 is 4.79 Å². The summed E-state index contributed by atoms with van der Waals surface area (Å²) < 4.78 is 0. The third-order valence-electron chi connectivity index (χ3n) is 4.83. The molecule has 2 saturated carbocycles.